The van der Waals surface area contributed by atoms with Gasteiger partial charge >= 0.3 is 0 Å². The highest BCUT2D eigenvalue weighted by molar-refractivity contribution is 6.30. The van der Waals surface area contributed by atoms with E-state index in [0.717, 1.165) is 42.4 Å². The summed E-state index contributed by atoms with van der Waals surface area (Å²) in [5, 5.41) is 3.80. The summed E-state index contributed by atoms with van der Waals surface area (Å²) in [6.07, 6.45) is 5.83. The first kappa shape index (κ1) is 23.3. The molecule has 166 valence electrons. The highest BCUT2D eigenvalue weighted by Crippen LogP contribution is 2.20. The van der Waals surface area contributed by atoms with Crippen molar-refractivity contribution in [1.82, 2.24) is 10.2 Å². The van der Waals surface area contributed by atoms with E-state index in [4.69, 9.17) is 11.6 Å². The van der Waals surface area contributed by atoms with E-state index in [-0.39, 0.29) is 24.3 Å². The van der Waals surface area contributed by atoms with Gasteiger partial charge in [-0.3, -0.25) is 9.59 Å². The van der Waals surface area contributed by atoms with Gasteiger partial charge in [-0.1, -0.05) is 61.2 Å². The number of benzene rings is 2. The van der Waals surface area contributed by atoms with Gasteiger partial charge in [0.1, 0.15) is 6.04 Å². The maximum Gasteiger partial charge on any atom is 0.242 e. The summed E-state index contributed by atoms with van der Waals surface area (Å²) < 4.78 is 0. The van der Waals surface area contributed by atoms with Crippen molar-refractivity contribution in [3.63, 3.8) is 0 Å². The fraction of sp³-hybridized carbons (Fsp3) is 0.462. The number of halogens is 1. The molecule has 5 heteroatoms. The van der Waals surface area contributed by atoms with Crippen molar-refractivity contribution in [3.8, 4) is 0 Å². The molecule has 4 nitrogen and oxygen atoms in total. The van der Waals surface area contributed by atoms with Crippen LogP contribution in [0.3, 0.4) is 0 Å². The summed E-state index contributed by atoms with van der Waals surface area (Å²) in [6.45, 7) is 6.28. The van der Waals surface area contributed by atoms with Crippen LogP contribution in [0.2, 0.25) is 5.02 Å². The molecule has 0 unspecified atom stereocenters. The molecule has 2 aromatic rings. The first-order valence-electron chi connectivity index (χ1n) is 11.2. The highest BCUT2D eigenvalue weighted by Gasteiger charge is 2.28. The summed E-state index contributed by atoms with van der Waals surface area (Å²) in [5.74, 6) is -0.142. The largest absolute Gasteiger partial charge is 0.352 e. The van der Waals surface area contributed by atoms with E-state index in [1.807, 2.05) is 50.2 Å². The number of nitrogens with zero attached hydrogens (tertiary/aromatic N) is 1. The molecule has 3 rings (SSSR count). The van der Waals surface area contributed by atoms with Crippen LogP contribution in [0.1, 0.15) is 61.3 Å². The van der Waals surface area contributed by atoms with Gasteiger partial charge in [-0.2, -0.15) is 0 Å². The zero-order valence-electron chi connectivity index (χ0n) is 18.8. The van der Waals surface area contributed by atoms with E-state index >= 15 is 0 Å². The van der Waals surface area contributed by atoms with Gasteiger partial charge in [-0.25, -0.2) is 0 Å². The Morgan fingerprint density at radius 2 is 1.77 bits per heavy atom. The van der Waals surface area contributed by atoms with Gasteiger partial charge in [0.15, 0.2) is 0 Å². The average molecular weight is 441 g/mol. The zero-order chi connectivity index (χ0) is 22.4. The molecule has 1 fully saturated rings. The van der Waals surface area contributed by atoms with Gasteiger partial charge in [0, 0.05) is 17.6 Å². The molecule has 2 amide bonds. The van der Waals surface area contributed by atoms with E-state index in [1.165, 1.54) is 12.0 Å². The molecule has 1 N–H and O–H groups in total. The van der Waals surface area contributed by atoms with Crippen molar-refractivity contribution < 1.29 is 9.59 Å². The lowest BCUT2D eigenvalue weighted by Crippen LogP contribution is -2.50. The lowest BCUT2D eigenvalue weighted by Gasteiger charge is -2.31. The van der Waals surface area contributed by atoms with Gasteiger partial charge in [0.25, 0.3) is 0 Å². The molecule has 0 bridgehead atoms. The minimum Gasteiger partial charge on any atom is -0.352 e. The normalized spacial score (nSPS) is 15.4. The number of hydrogen-bond acceptors (Lipinski definition) is 2. The Hall–Kier alpha value is -2.33. The minimum absolute atomic E-state index is 0.0606. The molecule has 0 aliphatic heterocycles. The quantitative estimate of drug-likeness (QED) is 0.629. The first-order chi connectivity index (χ1) is 14.8. The first-order valence-corrected chi connectivity index (χ1v) is 11.6. The van der Waals surface area contributed by atoms with Crippen LogP contribution in [-0.4, -0.2) is 28.8 Å². The zero-order valence-corrected chi connectivity index (χ0v) is 19.5. The number of rotatable bonds is 7. The van der Waals surface area contributed by atoms with E-state index < -0.39 is 6.04 Å². The van der Waals surface area contributed by atoms with Crippen molar-refractivity contribution in [1.29, 1.82) is 0 Å². The smallest absolute Gasteiger partial charge is 0.242 e. The van der Waals surface area contributed by atoms with Gasteiger partial charge in [0.2, 0.25) is 11.8 Å². The maximum atomic E-state index is 13.3. The Labute approximate surface area is 191 Å². The highest BCUT2D eigenvalue weighted by atomic mass is 35.5. The van der Waals surface area contributed by atoms with Gasteiger partial charge in [0.05, 0.1) is 6.42 Å². The Bertz CT molecular complexity index is 921. The van der Waals surface area contributed by atoms with Gasteiger partial charge in [-0.15, -0.1) is 0 Å². The number of carbonyl (C=O) groups is 2. The van der Waals surface area contributed by atoms with Crippen LogP contribution in [0.4, 0.5) is 0 Å². The Morgan fingerprint density at radius 3 is 2.45 bits per heavy atom. The van der Waals surface area contributed by atoms with Crippen LogP contribution in [0.5, 0.6) is 0 Å². The Morgan fingerprint density at radius 1 is 1.03 bits per heavy atom. The fourth-order valence-corrected chi connectivity index (χ4v) is 4.39. The number of amides is 2. The molecule has 0 aromatic heterocycles. The van der Waals surface area contributed by atoms with Crippen LogP contribution >= 0.6 is 11.6 Å². The predicted molar refractivity (Wildman–Crippen MR) is 126 cm³/mol. The lowest BCUT2D eigenvalue weighted by atomic mass is 9.95. The molecule has 1 aliphatic carbocycles. The second-order valence-electron chi connectivity index (χ2n) is 8.77. The van der Waals surface area contributed by atoms with E-state index in [1.54, 1.807) is 4.90 Å². The molecule has 0 saturated heterocycles. The Balaban J connectivity index is 1.77. The van der Waals surface area contributed by atoms with Crippen molar-refractivity contribution in [2.75, 3.05) is 0 Å². The van der Waals surface area contributed by atoms with Crippen LogP contribution in [0, 0.1) is 13.8 Å². The van der Waals surface area contributed by atoms with Crippen molar-refractivity contribution in [2.24, 2.45) is 0 Å². The summed E-state index contributed by atoms with van der Waals surface area (Å²) in [6, 6.07) is 13.2. The third-order valence-electron chi connectivity index (χ3n) is 6.29. The number of carbonyl (C=O) groups excluding carboxylic acids is 2. The van der Waals surface area contributed by atoms with E-state index in [9.17, 15) is 9.59 Å². The Kier molecular flexibility index (Phi) is 8.14. The summed E-state index contributed by atoms with van der Waals surface area (Å²) in [7, 11) is 0. The second kappa shape index (κ2) is 10.8. The fourth-order valence-electron chi connectivity index (χ4n) is 4.17. The SMILES string of the molecule is Cc1ccc(CC(=O)N(Cc2cccc(Cl)c2)[C@@H](C)C(=O)NC2CCCCC2)cc1C. The van der Waals surface area contributed by atoms with E-state index in [2.05, 4.69) is 18.3 Å². The molecule has 1 saturated carbocycles. The minimum atomic E-state index is -0.556. The molecule has 1 atom stereocenters. The molecular formula is C26H33ClN2O2. The lowest BCUT2D eigenvalue weighted by molar-refractivity contribution is -0.140. The van der Waals surface area contributed by atoms with Crippen molar-refractivity contribution in [3.05, 3.63) is 69.7 Å². The van der Waals surface area contributed by atoms with Crippen LogP contribution in [-0.2, 0) is 22.6 Å². The predicted octanol–water partition coefficient (Wildman–Crippen LogP) is 5.37. The number of aryl methyl sites for hydroxylation is 2. The molecule has 0 heterocycles. The topological polar surface area (TPSA) is 49.4 Å². The molecule has 0 spiro atoms. The summed E-state index contributed by atoms with van der Waals surface area (Å²) in [5.41, 5.74) is 4.24. The van der Waals surface area contributed by atoms with Crippen molar-refractivity contribution in [2.45, 2.75) is 77.9 Å². The standard InChI is InChI=1S/C26H33ClN2O2/c1-18-12-13-21(14-19(18)2)16-25(30)29(17-22-8-7-9-23(27)15-22)20(3)26(31)28-24-10-5-4-6-11-24/h7-9,12-15,20,24H,4-6,10-11,16-17H2,1-3H3,(H,28,31)/t20-/m0/s1. The average Bonchev–Trinajstić information content (AvgIpc) is 2.75. The van der Waals surface area contributed by atoms with Gasteiger partial charge in [-0.05, 0) is 68.0 Å². The third kappa shape index (κ3) is 6.57. The molecule has 0 radical (unpaired) electrons. The molecule has 2 aromatic carbocycles. The van der Waals surface area contributed by atoms with Crippen LogP contribution in [0.25, 0.3) is 0 Å². The van der Waals surface area contributed by atoms with Gasteiger partial charge < -0.3 is 10.2 Å². The molecule has 1 aliphatic rings. The number of nitrogens with one attached hydrogen (secondary N) is 1. The number of hydrogen-bond donors (Lipinski definition) is 1. The monoisotopic (exact) mass is 440 g/mol. The van der Waals surface area contributed by atoms with Crippen LogP contribution < -0.4 is 5.32 Å². The maximum absolute atomic E-state index is 13.3. The molecule has 31 heavy (non-hydrogen) atoms. The third-order valence-corrected chi connectivity index (χ3v) is 6.52. The molecular weight excluding hydrogens is 408 g/mol. The second-order valence-corrected chi connectivity index (χ2v) is 9.20. The van der Waals surface area contributed by atoms with Crippen LogP contribution in [0.15, 0.2) is 42.5 Å². The van der Waals surface area contributed by atoms with E-state index in [0.29, 0.717) is 11.6 Å². The van der Waals surface area contributed by atoms with Crippen molar-refractivity contribution >= 4 is 23.4 Å². The summed E-state index contributed by atoms with van der Waals surface area (Å²) in [4.78, 5) is 28.1. The summed E-state index contributed by atoms with van der Waals surface area (Å²) >= 11 is 6.16.